The normalized spacial score (nSPS) is 13.3. The molecule has 1 aliphatic heterocycles. The van der Waals surface area contributed by atoms with Gasteiger partial charge >= 0.3 is 5.63 Å². The lowest BCUT2D eigenvalue weighted by Crippen LogP contribution is -2.38. The molecular weight excluding hydrogens is 358 g/mol. The summed E-state index contributed by atoms with van der Waals surface area (Å²) in [7, 11) is 1.63. The Morgan fingerprint density at radius 2 is 1.96 bits per heavy atom. The minimum atomic E-state index is -0.404. The lowest BCUT2D eigenvalue weighted by Gasteiger charge is -2.29. The van der Waals surface area contributed by atoms with E-state index in [9.17, 15) is 9.59 Å². The summed E-state index contributed by atoms with van der Waals surface area (Å²) in [5, 5.41) is 0.845. The van der Waals surface area contributed by atoms with E-state index in [2.05, 4.69) is 0 Å². The Balaban J connectivity index is 1.51. The number of methoxy groups -OCH3 is 1. The largest absolute Gasteiger partial charge is 0.497 e. The monoisotopic (exact) mass is 379 g/mol. The predicted molar refractivity (Wildman–Crippen MR) is 106 cm³/mol. The highest BCUT2D eigenvalue weighted by Crippen LogP contribution is 2.30. The first-order chi connectivity index (χ1) is 13.5. The van der Waals surface area contributed by atoms with E-state index in [-0.39, 0.29) is 12.5 Å². The van der Waals surface area contributed by atoms with Crippen molar-refractivity contribution in [1.29, 1.82) is 0 Å². The van der Waals surface area contributed by atoms with Gasteiger partial charge in [-0.05, 0) is 61.2 Å². The van der Waals surface area contributed by atoms with Gasteiger partial charge in [0.15, 0.2) is 6.61 Å². The van der Waals surface area contributed by atoms with Crippen LogP contribution in [0.4, 0.5) is 5.69 Å². The predicted octanol–water partition coefficient (Wildman–Crippen LogP) is 3.47. The molecule has 0 radical (unpaired) electrons. The first-order valence-corrected chi connectivity index (χ1v) is 9.20. The molecule has 1 amide bonds. The molecule has 0 saturated heterocycles. The number of carbonyl (C=O) groups excluding carboxylic acids is 1. The zero-order valence-electron chi connectivity index (χ0n) is 15.9. The van der Waals surface area contributed by atoms with E-state index in [0.29, 0.717) is 17.9 Å². The van der Waals surface area contributed by atoms with Gasteiger partial charge in [0.05, 0.1) is 7.11 Å². The van der Waals surface area contributed by atoms with Crippen molar-refractivity contribution in [3.8, 4) is 11.5 Å². The summed E-state index contributed by atoms with van der Waals surface area (Å²) in [5.41, 5.74) is 2.89. The minimum Gasteiger partial charge on any atom is -0.497 e. The standard InChI is InChI=1S/C22H21NO5/c1-14-10-22(25)28-20-12-17(5-7-18(14)20)27-13-21(24)23-9-3-4-15-11-16(26-2)6-8-19(15)23/h5-8,10-12H,3-4,9,13H2,1-2H3. The van der Waals surface area contributed by atoms with Crippen molar-refractivity contribution in [2.24, 2.45) is 0 Å². The molecule has 1 aromatic heterocycles. The number of rotatable bonds is 4. The first kappa shape index (κ1) is 18.1. The number of aryl methyl sites for hydroxylation is 2. The third-order valence-corrected chi connectivity index (χ3v) is 4.99. The van der Waals surface area contributed by atoms with Gasteiger partial charge < -0.3 is 18.8 Å². The number of nitrogens with zero attached hydrogens (tertiary/aromatic N) is 1. The summed E-state index contributed by atoms with van der Waals surface area (Å²) < 4.78 is 16.2. The number of anilines is 1. The van der Waals surface area contributed by atoms with Crippen molar-refractivity contribution < 1.29 is 18.7 Å². The average Bonchev–Trinajstić information content (AvgIpc) is 2.70. The summed E-state index contributed by atoms with van der Waals surface area (Å²) in [6.45, 7) is 2.42. The second-order valence-electron chi connectivity index (χ2n) is 6.84. The van der Waals surface area contributed by atoms with Gasteiger partial charge in [-0.3, -0.25) is 4.79 Å². The molecular formula is C22H21NO5. The third-order valence-electron chi connectivity index (χ3n) is 4.99. The Labute approximate surface area is 162 Å². The highest BCUT2D eigenvalue weighted by atomic mass is 16.5. The van der Waals surface area contributed by atoms with Gasteiger partial charge in [0, 0.05) is 29.8 Å². The zero-order valence-corrected chi connectivity index (χ0v) is 15.9. The maximum Gasteiger partial charge on any atom is 0.336 e. The van der Waals surface area contributed by atoms with E-state index in [4.69, 9.17) is 13.9 Å². The number of carbonyl (C=O) groups is 1. The average molecular weight is 379 g/mol. The highest BCUT2D eigenvalue weighted by molar-refractivity contribution is 5.95. The summed E-state index contributed by atoms with van der Waals surface area (Å²) in [6, 6.07) is 12.5. The van der Waals surface area contributed by atoms with Gasteiger partial charge in [-0.25, -0.2) is 4.79 Å². The maximum atomic E-state index is 12.8. The van der Waals surface area contributed by atoms with Crippen molar-refractivity contribution in [2.75, 3.05) is 25.2 Å². The number of hydrogen-bond acceptors (Lipinski definition) is 5. The van der Waals surface area contributed by atoms with E-state index in [1.54, 1.807) is 24.1 Å². The topological polar surface area (TPSA) is 69.0 Å². The number of ether oxygens (including phenoxy) is 2. The molecule has 28 heavy (non-hydrogen) atoms. The van der Waals surface area contributed by atoms with Gasteiger partial charge in [-0.1, -0.05) is 0 Å². The van der Waals surface area contributed by atoms with Crippen LogP contribution in [0.3, 0.4) is 0 Å². The van der Waals surface area contributed by atoms with Crippen molar-refractivity contribution in [1.82, 2.24) is 0 Å². The Morgan fingerprint density at radius 3 is 2.79 bits per heavy atom. The van der Waals surface area contributed by atoms with Crippen LogP contribution in [0.1, 0.15) is 17.5 Å². The van der Waals surface area contributed by atoms with E-state index < -0.39 is 5.63 Å². The molecule has 6 nitrogen and oxygen atoms in total. The highest BCUT2D eigenvalue weighted by Gasteiger charge is 2.23. The number of amides is 1. The molecule has 3 aromatic rings. The molecule has 0 aliphatic carbocycles. The fourth-order valence-electron chi connectivity index (χ4n) is 3.58. The van der Waals surface area contributed by atoms with E-state index in [0.717, 1.165) is 40.8 Å². The Hall–Kier alpha value is -3.28. The van der Waals surface area contributed by atoms with Crippen molar-refractivity contribution in [2.45, 2.75) is 19.8 Å². The second-order valence-corrected chi connectivity index (χ2v) is 6.84. The molecule has 0 spiro atoms. The van der Waals surface area contributed by atoms with Crippen molar-refractivity contribution >= 4 is 22.6 Å². The van der Waals surface area contributed by atoms with E-state index in [1.165, 1.54) is 6.07 Å². The van der Waals surface area contributed by atoms with Crippen LogP contribution in [0.5, 0.6) is 11.5 Å². The van der Waals surface area contributed by atoms with Crippen molar-refractivity contribution in [3.63, 3.8) is 0 Å². The van der Waals surface area contributed by atoms with Crippen LogP contribution in [0.15, 0.2) is 51.7 Å². The molecule has 144 valence electrons. The van der Waals surface area contributed by atoms with Crippen LogP contribution in [-0.2, 0) is 11.2 Å². The summed E-state index contributed by atoms with van der Waals surface area (Å²) in [5.74, 6) is 1.16. The zero-order chi connectivity index (χ0) is 19.7. The van der Waals surface area contributed by atoms with Gasteiger partial charge in [-0.2, -0.15) is 0 Å². The second kappa shape index (κ2) is 7.38. The molecule has 1 aliphatic rings. The van der Waals surface area contributed by atoms with E-state index in [1.807, 2.05) is 31.2 Å². The maximum absolute atomic E-state index is 12.8. The van der Waals surface area contributed by atoms with Crippen LogP contribution in [0.2, 0.25) is 0 Å². The Kier molecular flexibility index (Phi) is 4.77. The molecule has 0 bridgehead atoms. The van der Waals surface area contributed by atoms with Crippen LogP contribution >= 0.6 is 0 Å². The molecule has 0 saturated carbocycles. The molecule has 2 aromatic carbocycles. The molecule has 4 rings (SSSR count). The van der Waals surface area contributed by atoms with Crippen LogP contribution < -0.4 is 20.0 Å². The molecule has 0 N–H and O–H groups in total. The molecule has 6 heteroatoms. The summed E-state index contributed by atoms with van der Waals surface area (Å²) in [4.78, 5) is 26.1. The Morgan fingerprint density at radius 1 is 1.14 bits per heavy atom. The van der Waals surface area contributed by atoms with Crippen LogP contribution in [0, 0.1) is 6.92 Å². The van der Waals surface area contributed by atoms with Crippen LogP contribution in [0.25, 0.3) is 11.0 Å². The van der Waals surface area contributed by atoms with Gasteiger partial charge in [0.25, 0.3) is 5.91 Å². The molecule has 0 atom stereocenters. The number of fused-ring (bicyclic) bond motifs is 2. The number of hydrogen-bond donors (Lipinski definition) is 0. The summed E-state index contributed by atoms with van der Waals surface area (Å²) >= 11 is 0. The Bertz CT molecular complexity index is 1100. The molecule has 0 unspecified atom stereocenters. The molecule has 0 fully saturated rings. The van der Waals surface area contributed by atoms with Crippen LogP contribution in [-0.4, -0.2) is 26.2 Å². The number of benzene rings is 2. The fourth-order valence-corrected chi connectivity index (χ4v) is 3.58. The third kappa shape index (κ3) is 3.45. The first-order valence-electron chi connectivity index (χ1n) is 9.20. The van der Waals surface area contributed by atoms with E-state index >= 15 is 0 Å². The lowest BCUT2D eigenvalue weighted by atomic mass is 10.0. The molecule has 2 heterocycles. The van der Waals surface area contributed by atoms with Gasteiger partial charge in [0.2, 0.25) is 0 Å². The smallest absolute Gasteiger partial charge is 0.336 e. The lowest BCUT2D eigenvalue weighted by molar-refractivity contribution is -0.120. The fraction of sp³-hybridized carbons (Fsp3) is 0.273. The minimum absolute atomic E-state index is 0.0903. The quantitative estimate of drug-likeness (QED) is 0.649. The van der Waals surface area contributed by atoms with Gasteiger partial charge in [-0.15, -0.1) is 0 Å². The summed E-state index contributed by atoms with van der Waals surface area (Å²) in [6.07, 6.45) is 1.81. The van der Waals surface area contributed by atoms with Gasteiger partial charge in [0.1, 0.15) is 17.1 Å². The SMILES string of the molecule is COc1ccc2c(c1)CCCN2C(=O)COc1ccc2c(C)cc(=O)oc2c1. The van der Waals surface area contributed by atoms with Crippen molar-refractivity contribution in [3.05, 3.63) is 64.0 Å².